The van der Waals surface area contributed by atoms with E-state index in [-0.39, 0.29) is 5.70 Å². The summed E-state index contributed by atoms with van der Waals surface area (Å²) in [6.07, 6.45) is 0.814. The molecule has 0 saturated heterocycles. The molecule has 2 aromatic carbocycles. The van der Waals surface area contributed by atoms with Gasteiger partial charge in [-0.3, -0.25) is 10.1 Å². The first-order valence-corrected chi connectivity index (χ1v) is 8.61. The van der Waals surface area contributed by atoms with Crippen molar-refractivity contribution in [2.24, 2.45) is 0 Å². The summed E-state index contributed by atoms with van der Waals surface area (Å²) in [4.78, 5) is 11.0. The average molecular weight is 490 g/mol. The molecule has 0 unspecified atom stereocenters. The van der Waals surface area contributed by atoms with Crippen LogP contribution in [-0.4, -0.2) is 4.92 Å². The highest BCUT2D eigenvalue weighted by Crippen LogP contribution is 2.43. The average Bonchev–Trinajstić information content (AvgIpc) is 2.47. The van der Waals surface area contributed by atoms with Crippen LogP contribution in [0.25, 0.3) is 6.08 Å². The number of benzene rings is 2. The van der Waals surface area contributed by atoms with Gasteiger partial charge in [0.2, 0.25) is 6.10 Å². The molecule has 1 aliphatic heterocycles. The fourth-order valence-electron chi connectivity index (χ4n) is 2.25. The van der Waals surface area contributed by atoms with Crippen molar-refractivity contribution in [2.45, 2.75) is 6.10 Å². The maximum absolute atomic E-state index is 11.4. The predicted molar refractivity (Wildman–Crippen MR) is 94.3 cm³/mol. The molecule has 1 atom stereocenters. The number of halogens is 3. The molecule has 0 spiro atoms. The molecule has 3 rings (SSSR count). The molecule has 0 N–H and O–H groups in total. The first-order valence-electron chi connectivity index (χ1n) is 6.23. The Morgan fingerprint density at radius 3 is 2.36 bits per heavy atom. The van der Waals surface area contributed by atoms with Crippen molar-refractivity contribution >= 4 is 53.9 Å². The lowest BCUT2D eigenvalue weighted by Crippen LogP contribution is -2.20. The predicted octanol–water partition coefficient (Wildman–Crippen LogP) is 5.73. The van der Waals surface area contributed by atoms with Gasteiger partial charge >= 0.3 is 0 Å². The van der Waals surface area contributed by atoms with Crippen molar-refractivity contribution < 1.29 is 9.66 Å². The van der Waals surface area contributed by atoms with Crippen molar-refractivity contribution in [1.82, 2.24) is 0 Å². The lowest BCUT2D eigenvalue weighted by molar-refractivity contribution is -0.434. The van der Waals surface area contributed by atoms with E-state index in [0.717, 1.165) is 19.0 Å². The minimum absolute atomic E-state index is 0.0137. The SMILES string of the molecule is O=[N+]([O-])C1=Cc2cc(Br)cc(Br)c2O[C@@H]1c1ccc(Br)cc1. The number of fused-ring (bicyclic) bond motifs is 1. The zero-order chi connectivity index (χ0) is 15.9. The summed E-state index contributed by atoms with van der Waals surface area (Å²) in [5.74, 6) is 0.599. The third-order valence-corrected chi connectivity index (χ3v) is 4.80. The molecule has 7 heteroatoms. The molecule has 0 fully saturated rings. The lowest BCUT2D eigenvalue weighted by Gasteiger charge is -2.24. The van der Waals surface area contributed by atoms with Gasteiger partial charge in [-0.1, -0.05) is 44.0 Å². The largest absolute Gasteiger partial charge is 0.473 e. The Kier molecular flexibility index (Phi) is 4.38. The van der Waals surface area contributed by atoms with E-state index >= 15 is 0 Å². The second kappa shape index (κ2) is 6.14. The van der Waals surface area contributed by atoms with Crippen LogP contribution < -0.4 is 4.74 Å². The van der Waals surface area contributed by atoms with Crippen LogP contribution in [-0.2, 0) is 0 Å². The molecule has 22 heavy (non-hydrogen) atoms. The number of hydrogen-bond donors (Lipinski definition) is 0. The van der Waals surface area contributed by atoms with Gasteiger partial charge in [-0.25, -0.2) is 0 Å². The molecule has 0 aromatic heterocycles. The van der Waals surface area contributed by atoms with Gasteiger partial charge in [-0.05, 0) is 40.2 Å². The van der Waals surface area contributed by atoms with Gasteiger partial charge in [0.1, 0.15) is 5.75 Å². The van der Waals surface area contributed by atoms with Crippen LogP contribution in [0.15, 0.2) is 55.5 Å². The molecule has 0 radical (unpaired) electrons. The molecule has 0 bridgehead atoms. The number of nitro groups is 1. The van der Waals surface area contributed by atoms with Crippen molar-refractivity contribution in [2.75, 3.05) is 0 Å². The van der Waals surface area contributed by atoms with Gasteiger partial charge in [-0.15, -0.1) is 0 Å². The molecule has 0 amide bonds. The first-order chi connectivity index (χ1) is 10.5. The topological polar surface area (TPSA) is 52.4 Å². The summed E-state index contributed by atoms with van der Waals surface area (Å²) in [5.41, 5.74) is 1.41. The summed E-state index contributed by atoms with van der Waals surface area (Å²) in [6.45, 7) is 0. The Balaban J connectivity index is 2.13. The molecular formula is C15H8Br3NO3. The summed E-state index contributed by atoms with van der Waals surface area (Å²) in [5, 5.41) is 11.4. The Hall–Kier alpha value is -1.18. The molecule has 112 valence electrons. The number of rotatable bonds is 2. The van der Waals surface area contributed by atoms with Gasteiger partial charge in [0.25, 0.3) is 5.70 Å². The molecular weight excluding hydrogens is 482 g/mol. The van der Waals surface area contributed by atoms with E-state index in [0.29, 0.717) is 11.3 Å². The number of hydrogen-bond acceptors (Lipinski definition) is 3. The smallest absolute Gasteiger partial charge is 0.291 e. The minimum Gasteiger partial charge on any atom is -0.473 e. The van der Waals surface area contributed by atoms with Crippen LogP contribution in [0.5, 0.6) is 5.75 Å². The van der Waals surface area contributed by atoms with Gasteiger partial charge in [-0.2, -0.15) is 0 Å². The van der Waals surface area contributed by atoms with Crippen LogP contribution in [0.4, 0.5) is 0 Å². The molecule has 1 heterocycles. The second-order valence-electron chi connectivity index (χ2n) is 4.68. The Morgan fingerprint density at radius 2 is 1.73 bits per heavy atom. The fraction of sp³-hybridized carbons (Fsp3) is 0.0667. The van der Waals surface area contributed by atoms with Gasteiger partial charge in [0.15, 0.2) is 0 Å². The maximum atomic E-state index is 11.4. The Labute approximate surface area is 151 Å². The number of ether oxygens (including phenoxy) is 1. The molecule has 2 aromatic rings. The molecule has 0 saturated carbocycles. The molecule has 4 nitrogen and oxygen atoms in total. The zero-order valence-corrected chi connectivity index (χ0v) is 15.7. The van der Waals surface area contributed by atoms with Crippen molar-refractivity contribution in [3.8, 4) is 5.75 Å². The van der Waals surface area contributed by atoms with E-state index in [2.05, 4.69) is 47.8 Å². The summed E-state index contributed by atoms with van der Waals surface area (Å²) >= 11 is 10.2. The third-order valence-electron chi connectivity index (χ3n) is 3.23. The third kappa shape index (κ3) is 2.98. The van der Waals surface area contributed by atoms with E-state index in [9.17, 15) is 10.1 Å². The van der Waals surface area contributed by atoms with E-state index < -0.39 is 11.0 Å². The van der Waals surface area contributed by atoms with Crippen LogP contribution in [0.3, 0.4) is 0 Å². The van der Waals surface area contributed by atoms with Crippen LogP contribution in [0.2, 0.25) is 0 Å². The summed E-state index contributed by atoms with van der Waals surface area (Å²) < 4.78 is 8.40. The van der Waals surface area contributed by atoms with Crippen LogP contribution in [0.1, 0.15) is 17.2 Å². The van der Waals surface area contributed by atoms with Crippen molar-refractivity contribution in [3.63, 3.8) is 0 Å². The summed E-state index contributed by atoms with van der Waals surface area (Å²) in [7, 11) is 0. The fourth-order valence-corrected chi connectivity index (χ4v) is 3.87. The highest BCUT2D eigenvalue weighted by molar-refractivity contribution is 9.11. The van der Waals surface area contributed by atoms with Crippen LogP contribution >= 0.6 is 47.8 Å². The Bertz CT molecular complexity index is 787. The normalized spacial score (nSPS) is 16.5. The van der Waals surface area contributed by atoms with Gasteiger partial charge in [0, 0.05) is 26.1 Å². The molecule has 0 aliphatic carbocycles. The molecule has 1 aliphatic rings. The van der Waals surface area contributed by atoms with E-state index in [1.54, 1.807) is 12.1 Å². The lowest BCUT2D eigenvalue weighted by atomic mass is 10.0. The zero-order valence-electron chi connectivity index (χ0n) is 10.9. The van der Waals surface area contributed by atoms with Crippen molar-refractivity contribution in [3.05, 3.63) is 76.8 Å². The Morgan fingerprint density at radius 1 is 1.05 bits per heavy atom. The van der Waals surface area contributed by atoms with Crippen LogP contribution in [0, 0.1) is 10.1 Å². The van der Waals surface area contributed by atoms with E-state index in [4.69, 9.17) is 4.74 Å². The highest BCUT2D eigenvalue weighted by Gasteiger charge is 2.34. The van der Waals surface area contributed by atoms with Crippen molar-refractivity contribution in [1.29, 1.82) is 0 Å². The quantitative estimate of drug-likeness (QED) is 0.400. The maximum Gasteiger partial charge on any atom is 0.291 e. The van der Waals surface area contributed by atoms with E-state index in [1.165, 1.54) is 0 Å². The monoisotopic (exact) mass is 487 g/mol. The standard InChI is InChI=1S/C15H8Br3NO3/c16-10-3-1-8(2-4-10)15-13(19(20)21)6-9-5-11(17)7-12(18)14(9)22-15/h1-7,15H/t15-/m1/s1. The van der Waals surface area contributed by atoms with Gasteiger partial charge in [0.05, 0.1) is 9.40 Å². The number of nitrogens with zero attached hydrogens (tertiary/aromatic N) is 1. The summed E-state index contributed by atoms with van der Waals surface area (Å²) in [6, 6.07) is 10.9. The van der Waals surface area contributed by atoms with Gasteiger partial charge < -0.3 is 4.74 Å². The minimum atomic E-state index is -0.743. The highest BCUT2D eigenvalue weighted by atomic mass is 79.9. The van der Waals surface area contributed by atoms with E-state index in [1.807, 2.05) is 30.3 Å². The second-order valence-corrected chi connectivity index (χ2v) is 7.37. The first kappa shape index (κ1) is 15.7.